The van der Waals surface area contributed by atoms with Crippen molar-refractivity contribution in [3.63, 3.8) is 0 Å². The highest BCUT2D eigenvalue weighted by Crippen LogP contribution is 2.45. The van der Waals surface area contributed by atoms with E-state index in [9.17, 15) is 4.79 Å². The summed E-state index contributed by atoms with van der Waals surface area (Å²) in [6.45, 7) is 4.61. The zero-order valence-corrected chi connectivity index (χ0v) is 19.2. The molecule has 2 atom stereocenters. The van der Waals surface area contributed by atoms with E-state index in [0.29, 0.717) is 5.56 Å². The molecule has 2 fully saturated rings. The fourth-order valence-electron chi connectivity index (χ4n) is 5.62. The van der Waals surface area contributed by atoms with Gasteiger partial charge in [0.1, 0.15) is 5.75 Å². The Balaban J connectivity index is 1.50. The first-order valence-electron chi connectivity index (χ1n) is 11.6. The predicted octanol–water partition coefficient (Wildman–Crippen LogP) is 4.49. The van der Waals surface area contributed by atoms with Crippen molar-refractivity contribution in [2.75, 3.05) is 20.3 Å². The number of aryl methyl sites for hydroxylation is 1. The summed E-state index contributed by atoms with van der Waals surface area (Å²) in [7, 11) is 1.73. The quantitative estimate of drug-likeness (QED) is 0.395. The van der Waals surface area contributed by atoms with Crippen LogP contribution in [-0.2, 0) is 11.3 Å². The van der Waals surface area contributed by atoms with Crippen LogP contribution in [0.2, 0.25) is 0 Å². The van der Waals surface area contributed by atoms with Crippen molar-refractivity contribution in [3.8, 4) is 5.75 Å². The molecular weight excluding hydrogens is 418 g/mol. The third-order valence-corrected chi connectivity index (χ3v) is 7.40. The maximum atomic E-state index is 11.8. The zero-order valence-electron chi connectivity index (χ0n) is 19.2. The van der Waals surface area contributed by atoms with Gasteiger partial charge in [-0.2, -0.15) is 0 Å². The molecule has 3 heterocycles. The molecule has 2 aliphatic heterocycles. The minimum absolute atomic E-state index is 0.0664. The molecule has 0 radical (unpaired) electrons. The Morgan fingerprint density at radius 1 is 1.30 bits per heavy atom. The molecule has 0 bridgehead atoms. The minimum atomic E-state index is -0.503. The topological polar surface area (TPSA) is 86.8 Å². The number of rotatable bonds is 5. The number of fused-ring (bicyclic) bond motifs is 1. The first-order chi connectivity index (χ1) is 16.0. The van der Waals surface area contributed by atoms with Gasteiger partial charge in [0.15, 0.2) is 0 Å². The first-order valence-corrected chi connectivity index (χ1v) is 11.6. The molecule has 5 rings (SSSR count). The summed E-state index contributed by atoms with van der Waals surface area (Å²) in [6.07, 6.45) is 6.12. The normalized spacial score (nSPS) is 23.3. The predicted molar refractivity (Wildman–Crippen MR) is 126 cm³/mol. The molecular formula is C26H31N3O4. The summed E-state index contributed by atoms with van der Waals surface area (Å²) < 4.78 is 12.1. The number of aromatic nitrogens is 1. The Morgan fingerprint density at radius 2 is 2.12 bits per heavy atom. The van der Waals surface area contributed by atoms with Crippen LogP contribution in [0.15, 0.2) is 42.6 Å². The molecule has 2 aliphatic rings. The highest BCUT2D eigenvalue weighted by Gasteiger charge is 2.43. The van der Waals surface area contributed by atoms with Crippen molar-refractivity contribution in [2.45, 2.75) is 50.8 Å². The van der Waals surface area contributed by atoms with E-state index in [4.69, 9.17) is 14.7 Å². The van der Waals surface area contributed by atoms with Crippen LogP contribution in [0.25, 0.3) is 10.9 Å². The lowest BCUT2D eigenvalue weighted by Gasteiger charge is -2.45. The van der Waals surface area contributed by atoms with Crippen LogP contribution in [0.3, 0.4) is 0 Å². The number of benzene rings is 2. The summed E-state index contributed by atoms with van der Waals surface area (Å²) in [5.41, 5.74) is 6.72. The second kappa shape index (κ2) is 8.82. The van der Waals surface area contributed by atoms with Gasteiger partial charge in [-0.1, -0.05) is 12.1 Å². The Morgan fingerprint density at radius 3 is 2.82 bits per heavy atom. The highest BCUT2D eigenvalue weighted by atomic mass is 16.5. The average molecular weight is 450 g/mol. The van der Waals surface area contributed by atoms with Crippen molar-refractivity contribution in [1.29, 1.82) is 0 Å². The smallest absolute Gasteiger partial charge is 0.274 e. The summed E-state index contributed by atoms with van der Waals surface area (Å²) in [5.74, 6) is 0.405. The van der Waals surface area contributed by atoms with Crippen LogP contribution >= 0.6 is 0 Å². The van der Waals surface area contributed by atoms with Crippen LogP contribution in [0.1, 0.15) is 58.8 Å². The van der Waals surface area contributed by atoms with E-state index in [1.165, 1.54) is 16.5 Å². The lowest BCUT2D eigenvalue weighted by Crippen LogP contribution is -2.45. The Kier molecular flexibility index (Phi) is 5.86. The van der Waals surface area contributed by atoms with Gasteiger partial charge < -0.3 is 14.5 Å². The van der Waals surface area contributed by atoms with Crippen LogP contribution < -0.4 is 10.2 Å². The van der Waals surface area contributed by atoms with Crippen molar-refractivity contribution in [1.82, 2.24) is 15.4 Å². The molecule has 33 heavy (non-hydrogen) atoms. The Labute approximate surface area is 193 Å². The highest BCUT2D eigenvalue weighted by molar-refractivity contribution is 5.93. The molecule has 3 N–H and O–H groups in total. The van der Waals surface area contributed by atoms with Crippen LogP contribution in [0.5, 0.6) is 5.75 Å². The van der Waals surface area contributed by atoms with Crippen LogP contribution in [-0.4, -0.2) is 46.9 Å². The number of nitrogens with zero attached hydrogens (tertiary/aromatic N) is 1. The number of amides is 1. The second-order valence-electron chi connectivity index (χ2n) is 9.28. The average Bonchev–Trinajstić information content (AvgIpc) is 3.52. The van der Waals surface area contributed by atoms with Gasteiger partial charge in [-0.05, 0) is 68.0 Å². The molecule has 2 aromatic carbocycles. The fourth-order valence-corrected chi connectivity index (χ4v) is 5.62. The molecule has 7 nitrogen and oxygen atoms in total. The van der Waals surface area contributed by atoms with Gasteiger partial charge in [0.05, 0.1) is 12.7 Å². The number of methoxy groups -OCH3 is 1. The molecule has 0 aliphatic carbocycles. The van der Waals surface area contributed by atoms with Gasteiger partial charge in [0, 0.05) is 54.0 Å². The van der Waals surface area contributed by atoms with Crippen molar-refractivity contribution < 1.29 is 19.5 Å². The molecule has 1 spiro atoms. The number of aromatic amines is 1. The SMILES string of the molecule is COc1cc(C)c2[nH]ccc2c1CN1CCC2(CCCO2)C[C@H]1c1ccc(C(=O)NO)cc1. The third-order valence-electron chi connectivity index (χ3n) is 7.40. The number of H-pyrrole nitrogens is 1. The maximum Gasteiger partial charge on any atom is 0.274 e. The van der Waals surface area contributed by atoms with E-state index in [0.717, 1.165) is 62.2 Å². The van der Waals surface area contributed by atoms with Crippen molar-refractivity contribution in [3.05, 3.63) is 64.8 Å². The number of nitrogens with one attached hydrogen (secondary N) is 2. The van der Waals surface area contributed by atoms with Crippen LogP contribution in [0.4, 0.5) is 0 Å². The summed E-state index contributed by atoms with van der Waals surface area (Å²) in [6, 6.07) is 11.9. The Bertz CT molecular complexity index is 1150. The lowest BCUT2D eigenvalue weighted by atomic mass is 9.81. The number of likely N-dealkylation sites (tertiary alicyclic amines) is 1. The van der Waals surface area contributed by atoms with Gasteiger partial charge in [-0.3, -0.25) is 14.9 Å². The van der Waals surface area contributed by atoms with Crippen LogP contribution in [0, 0.1) is 6.92 Å². The van der Waals surface area contributed by atoms with Crippen molar-refractivity contribution >= 4 is 16.8 Å². The standard InChI is InChI=1S/C26H31N3O4/c1-17-14-23(32-2)21(20-8-11-27-24(17)20)16-29-12-10-26(9-3-13-33-26)15-22(29)18-4-6-19(7-5-18)25(30)28-31/h4-8,11,14,22,27,31H,3,9-10,12-13,15-16H2,1-2H3,(H,28,30)/t22-,26?/m0/s1. The number of piperidine rings is 1. The molecule has 174 valence electrons. The minimum Gasteiger partial charge on any atom is -0.496 e. The Hall–Kier alpha value is -2.87. The third kappa shape index (κ3) is 4.01. The lowest BCUT2D eigenvalue weighted by molar-refractivity contribution is -0.0676. The number of ether oxygens (including phenoxy) is 2. The number of hydroxylamine groups is 1. The molecule has 0 saturated carbocycles. The first kappa shape index (κ1) is 21.9. The monoisotopic (exact) mass is 449 g/mol. The second-order valence-corrected chi connectivity index (χ2v) is 9.28. The number of carbonyl (C=O) groups is 1. The fraction of sp³-hybridized carbons (Fsp3) is 0.423. The summed E-state index contributed by atoms with van der Waals surface area (Å²) >= 11 is 0. The molecule has 7 heteroatoms. The molecule has 1 aromatic heterocycles. The molecule has 2 saturated heterocycles. The van der Waals surface area contributed by atoms with E-state index in [1.54, 1.807) is 24.7 Å². The van der Waals surface area contributed by atoms with Gasteiger partial charge in [-0.25, -0.2) is 5.48 Å². The number of carbonyl (C=O) groups excluding carboxylic acids is 1. The van der Waals surface area contributed by atoms with Gasteiger partial charge in [-0.15, -0.1) is 0 Å². The number of hydrogen-bond acceptors (Lipinski definition) is 5. The summed E-state index contributed by atoms with van der Waals surface area (Å²) in [4.78, 5) is 17.7. The van der Waals surface area contributed by atoms with E-state index in [2.05, 4.69) is 28.9 Å². The van der Waals surface area contributed by atoms with E-state index >= 15 is 0 Å². The zero-order chi connectivity index (χ0) is 23.0. The van der Waals surface area contributed by atoms with E-state index in [1.807, 2.05) is 18.3 Å². The van der Waals surface area contributed by atoms with Gasteiger partial charge in [0.2, 0.25) is 0 Å². The molecule has 3 aromatic rings. The molecule has 1 amide bonds. The largest absolute Gasteiger partial charge is 0.496 e. The van der Waals surface area contributed by atoms with Gasteiger partial charge in [0.25, 0.3) is 5.91 Å². The van der Waals surface area contributed by atoms with E-state index < -0.39 is 5.91 Å². The maximum absolute atomic E-state index is 11.8. The number of hydrogen-bond donors (Lipinski definition) is 3. The van der Waals surface area contributed by atoms with Gasteiger partial charge >= 0.3 is 0 Å². The van der Waals surface area contributed by atoms with E-state index in [-0.39, 0.29) is 11.6 Å². The molecule has 1 unspecified atom stereocenters. The summed E-state index contributed by atoms with van der Waals surface area (Å²) in [5, 5.41) is 10.1. The van der Waals surface area contributed by atoms with Crippen molar-refractivity contribution in [2.24, 2.45) is 0 Å².